The van der Waals surface area contributed by atoms with E-state index in [1.165, 1.54) is 16.7 Å². The monoisotopic (exact) mass is 407 g/mol. The maximum absolute atomic E-state index is 4.65. The third-order valence-electron chi connectivity index (χ3n) is 6.03. The summed E-state index contributed by atoms with van der Waals surface area (Å²) >= 11 is 0. The van der Waals surface area contributed by atoms with Gasteiger partial charge in [-0.3, -0.25) is 0 Å². The van der Waals surface area contributed by atoms with Crippen LogP contribution in [0.5, 0.6) is 0 Å². The van der Waals surface area contributed by atoms with E-state index in [0.29, 0.717) is 0 Å². The molecule has 0 aliphatic carbocycles. The summed E-state index contributed by atoms with van der Waals surface area (Å²) in [5.74, 6) is 0.849. The molecule has 2 aromatic heterocycles. The van der Waals surface area contributed by atoms with Crippen molar-refractivity contribution in [2.75, 3.05) is 18.9 Å². The zero-order valence-corrected chi connectivity index (χ0v) is 18.3. The van der Waals surface area contributed by atoms with Gasteiger partial charge in [0.05, 0.1) is 0 Å². The second kappa shape index (κ2) is 8.12. The van der Waals surface area contributed by atoms with E-state index in [2.05, 4.69) is 83.6 Å². The van der Waals surface area contributed by atoms with Gasteiger partial charge in [-0.1, -0.05) is 0 Å². The summed E-state index contributed by atoms with van der Waals surface area (Å²) in [6.45, 7) is 6.33. The fraction of sp³-hybridized carbons (Fsp3) is 0.240. The number of benzene rings is 2. The Hall–Kier alpha value is -3.25. The predicted molar refractivity (Wildman–Crippen MR) is 130 cm³/mol. The SMILES string of the molecule is C/B=C(\Nc1cc2cc(-c3cnn(C)c3)ccc2cn1)c1ccc2c(c1)CCN(C)C2. The Bertz CT molecular complexity index is 1290. The van der Waals surface area contributed by atoms with Crippen molar-refractivity contribution in [2.24, 2.45) is 7.05 Å². The number of aromatic nitrogens is 3. The number of pyridine rings is 1. The van der Waals surface area contributed by atoms with Crippen molar-refractivity contribution in [2.45, 2.75) is 19.8 Å². The minimum absolute atomic E-state index is 0.849. The van der Waals surface area contributed by atoms with E-state index in [9.17, 15) is 0 Å². The molecular formula is C25H26BN5. The molecule has 0 atom stereocenters. The number of nitrogens with one attached hydrogen (secondary N) is 1. The van der Waals surface area contributed by atoms with Crippen LogP contribution >= 0.6 is 0 Å². The van der Waals surface area contributed by atoms with Gasteiger partial charge in [0.1, 0.15) is 0 Å². The molecule has 2 aromatic carbocycles. The average Bonchev–Trinajstić information content (AvgIpc) is 3.23. The van der Waals surface area contributed by atoms with E-state index in [1.54, 1.807) is 0 Å². The molecule has 0 saturated heterocycles. The molecule has 0 saturated carbocycles. The van der Waals surface area contributed by atoms with Crippen molar-refractivity contribution in [3.05, 3.63) is 77.7 Å². The molecule has 1 aliphatic heterocycles. The van der Waals surface area contributed by atoms with Crippen molar-refractivity contribution in [1.82, 2.24) is 19.7 Å². The summed E-state index contributed by atoms with van der Waals surface area (Å²) in [6.07, 6.45) is 6.96. The van der Waals surface area contributed by atoms with E-state index in [-0.39, 0.29) is 0 Å². The molecule has 4 aromatic rings. The van der Waals surface area contributed by atoms with Gasteiger partial charge in [-0.2, -0.15) is 0 Å². The first-order chi connectivity index (χ1) is 15.1. The van der Waals surface area contributed by atoms with Crippen molar-refractivity contribution < 1.29 is 0 Å². The van der Waals surface area contributed by atoms with Crippen LogP contribution in [0.4, 0.5) is 5.82 Å². The van der Waals surface area contributed by atoms with Gasteiger partial charge in [0.2, 0.25) is 0 Å². The number of anilines is 1. The van der Waals surface area contributed by atoms with Gasteiger partial charge in [-0.15, -0.1) is 0 Å². The Labute approximate surface area is 183 Å². The molecule has 5 nitrogen and oxygen atoms in total. The molecule has 0 amide bonds. The summed E-state index contributed by atoms with van der Waals surface area (Å²) in [6, 6.07) is 15.4. The Balaban J connectivity index is 1.43. The summed E-state index contributed by atoms with van der Waals surface area (Å²) < 4.78 is 1.83. The molecule has 0 unspecified atom stereocenters. The van der Waals surface area contributed by atoms with Gasteiger partial charge in [0.25, 0.3) is 0 Å². The predicted octanol–water partition coefficient (Wildman–Crippen LogP) is 3.97. The van der Waals surface area contributed by atoms with Crippen LogP contribution in [-0.2, 0) is 20.0 Å². The van der Waals surface area contributed by atoms with Crippen LogP contribution < -0.4 is 5.32 Å². The van der Waals surface area contributed by atoms with Crippen molar-refractivity contribution in [1.29, 1.82) is 0 Å². The minimum atomic E-state index is 0.849. The Morgan fingerprint density at radius 3 is 2.68 bits per heavy atom. The maximum atomic E-state index is 4.65. The molecule has 5 rings (SSSR count). The quantitative estimate of drug-likeness (QED) is 0.520. The number of hydrogen-bond donors (Lipinski definition) is 1. The molecular weight excluding hydrogens is 381 g/mol. The van der Waals surface area contributed by atoms with Crippen molar-refractivity contribution in [3.63, 3.8) is 0 Å². The van der Waals surface area contributed by atoms with Gasteiger partial charge >= 0.3 is 183 Å². The zero-order valence-electron chi connectivity index (χ0n) is 18.3. The van der Waals surface area contributed by atoms with Crippen LogP contribution in [0.15, 0.2) is 61.1 Å². The number of rotatable bonds is 4. The third kappa shape index (κ3) is 4.03. The first-order valence-electron chi connectivity index (χ1n) is 10.7. The molecule has 0 fully saturated rings. The number of hydrogen-bond acceptors (Lipinski definition) is 4. The van der Waals surface area contributed by atoms with Gasteiger partial charge < -0.3 is 0 Å². The summed E-state index contributed by atoms with van der Waals surface area (Å²) in [4.78, 5) is 7.02. The average molecular weight is 407 g/mol. The molecule has 0 bridgehead atoms. The fourth-order valence-corrected chi connectivity index (χ4v) is 4.27. The summed E-state index contributed by atoms with van der Waals surface area (Å²) in [5, 5.41) is 10.1. The number of nitrogens with zero attached hydrogens (tertiary/aromatic N) is 4. The van der Waals surface area contributed by atoms with Crippen LogP contribution in [0.3, 0.4) is 0 Å². The second-order valence-corrected chi connectivity index (χ2v) is 8.33. The topological polar surface area (TPSA) is 46.0 Å². The van der Waals surface area contributed by atoms with Gasteiger partial charge in [-0.25, -0.2) is 0 Å². The van der Waals surface area contributed by atoms with E-state index < -0.39 is 0 Å². The number of likely N-dealkylation sites (N-methyl/N-ethyl adjacent to an activating group) is 1. The molecule has 3 heterocycles. The summed E-state index contributed by atoms with van der Waals surface area (Å²) in [5.41, 5.74) is 7.44. The van der Waals surface area contributed by atoms with Crippen molar-refractivity contribution in [3.8, 4) is 11.1 Å². The first kappa shape index (κ1) is 19.7. The number of fused-ring (bicyclic) bond motifs is 2. The Morgan fingerprint density at radius 2 is 1.87 bits per heavy atom. The van der Waals surface area contributed by atoms with Crippen LogP contribution in [0.2, 0.25) is 6.82 Å². The standard InChI is InChI=1S/C25H26BN5/c1-26-25(19-5-7-21-15-30(2)9-8-18(21)10-19)29-24-12-22-11-17(4-6-20(22)13-27-24)23-14-28-31(3)16-23/h4-7,10-14,16H,8-9,15H2,1-3H3,(H,27,29). The van der Waals surface area contributed by atoms with Crippen molar-refractivity contribution >= 4 is 29.1 Å². The van der Waals surface area contributed by atoms with Gasteiger partial charge in [-0.05, 0) is 0 Å². The molecule has 1 aliphatic rings. The van der Waals surface area contributed by atoms with Crippen LogP contribution in [0.1, 0.15) is 16.7 Å². The Morgan fingerprint density at radius 1 is 0.968 bits per heavy atom. The van der Waals surface area contributed by atoms with E-state index in [4.69, 9.17) is 0 Å². The first-order valence-corrected chi connectivity index (χ1v) is 10.7. The van der Waals surface area contributed by atoms with Crippen LogP contribution in [-0.4, -0.2) is 45.8 Å². The summed E-state index contributed by atoms with van der Waals surface area (Å²) in [7, 11) is 4.12. The van der Waals surface area contributed by atoms with Gasteiger partial charge in [0.15, 0.2) is 0 Å². The molecule has 0 radical (unpaired) electrons. The van der Waals surface area contributed by atoms with Crippen LogP contribution in [0, 0.1) is 0 Å². The third-order valence-corrected chi connectivity index (χ3v) is 6.03. The molecule has 154 valence electrons. The molecule has 1 N–H and O–H groups in total. The van der Waals surface area contributed by atoms with E-state index in [1.807, 2.05) is 30.3 Å². The molecule has 6 heteroatoms. The zero-order chi connectivity index (χ0) is 21.4. The normalized spacial score (nSPS) is 14.4. The van der Waals surface area contributed by atoms with Gasteiger partial charge in [0, 0.05) is 0 Å². The molecule has 0 spiro atoms. The number of aryl methyl sites for hydroxylation is 1. The Kier molecular flexibility index (Phi) is 5.16. The molecule has 31 heavy (non-hydrogen) atoms. The van der Waals surface area contributed by atoms with E-state index >= 15 is 0 Å². The second-order valence-electron chi connectivity index (χ2n) is 8.33. The fourth-order valence-electron chi connectivity index (χ4n) is 4.27. The van der Waals surface area contributed by atoms with E-state index in [0.717, 1.165) is 52.8 Å². The van der Waals surface area contributed by atoms with Crippen LogP contribution in [0.25, 0.3) is 21.9 Å².